The molecule has 0 saturated carbocycles. The molecule has 3 heterocycles. The lowest BCUT2D eigenvalue weighted by Gasteiger charge is -2.35. The van der Waals surface area contributed by atoms with Crippen LogP contribution in [0.4, 0.5) is 15.3 Å². The van der Waals surface area contributed by atoms with E-state index >= 15 is 0 Å². The summed E-state index contributed by atoms with van der Waals surface area (Å²) < 4.78 is 14.2. The van der Waals surface area contributed by atoms with E-state index in [-0.39, 0.29) is 11.7 Å². The number of thiazole rings is 1. The quantitative estimate of drug-likeness (QED) is 0.816. The Morgan fingerprint density at radius 3 is 2.55 bits per heavy atom. The van der Waals surface area contributed by atoms with Gasteiger partial charge < -0.3 is 9.80 Å². The second-order valence-corrected chi connectivity index (χ2v) is 5.67. The van der Waals surface area contributed by atoms with E-state index in [0.29, 0.717) is 11.4 Å². The van der Waals surface area contributed by atoms with E-state index in [1.54, 1.807) is 29.8 Å². The minimum Gasteiger partial charge on any atom is -0.351 e. The molecule has 0 N–H and O–H groups in total. The molecule has 1 saturated heterocycles. The van der Waals surface area contributed by atoms with Crippen molar-refractivity contribution in [2.45, 2.75) is 5.88 Å². The summed E-state index contributed by atoms with van der Waals surface area (Å²) in [6, 6.07) is 1.62. The molecule has 1 fully saturated rings. The molecule has 3 rings (SSSR count). The van der Waals surface area contributed by atoms with Gasteiger partial charge in [0, 0.05) is 49.5 Å². The van der Waals surface area contributed by atoms with Crippen molar-refractivity contribution in [2.24, 2.45) is 0 Å². The molecule has 20 heavy (non-hydrogen) atoms. The number of pyridine rings is 1. The van der Waals surface area contributed by atoms with Crippen LogP contribution in [0.25, 0.3) is 0 Å². The first-order valence-corrected chi connectivity index (χ1v) is 7.79. The van der Waals surface area contributed by atoms with Gasteiger partial charge in [-0.3, -0.25) is 0 Å². The van der Waals surface area contributed by atoms with Gasteiger partial charge in [-0.05, 0) is 6.07 Å². The van der Waals surface area contributed by atoms with Crippen molar-refractivity contribution in [3.8, 4) is 0 Å². The second-order valence-electron chi connectivity index (χ2n) is 4.53. The van der Waals surface area contributed by atoms with Crippen LogP contribution in [0.5, 0.6) is 0 Å². The smallest absolute Gasteiger partial charge is 0.185 e. The highest BCUT2D eigenvalue weighted by atomic mass is 35.5. The van der Waals surface area contributed by atoms with Crippen LogP contribution < -0.4 is 9.80 Å². The SMILES string of the molecule is Fc1c(CCl)ccnc1N1CCN(c2nccs2)CC1. The standard InChI is InChI=1S/C13H14ClFN4S/c14-9-10-1-2-16-12(11(10)15)18-4-6-19(7-5-18)13-17-3-8-20-13/h1-3,8H,4-7,9H2. The Kier molecular flexibility index (Phi) is 4.03. The number of piperazine rings is 1. The largest absolute Gasteiger partial charge is 0.351 e. The number of anilines is 2. The Bertz CT molecular complexity index is 570. The molecule has 0 unspecified atom stereocenters. The Labute approximate surface area is 125 Å². The van der Waals surface area contributed by atoms with Crippen LogP contribution in [0, 0.1) is 5.82 Å². The highest BCUT2D eigenvalue weighted by molar-refractivity contribution is 7.13. The number of nitrogens with zero attached hydrogens (tertiary/aromatic N) is 4. The summed E-state index contributed by atoms with van der Waals surface area (Å²) in [7, 11) is 0. The van der Waals surface area contributed by atoms with E-state index in [1.165, 1.54) is 0 Å². The van der Waals surface area contributed by atoms with Gasteiger partial charge in [0.1, 0.15) is 0 Å². The van der Waals surface area contributed by atoms with E-state index in [4.69, 9.17) is 11.6 Å². The maximum absolute atomic E-state index is 14.2. The van der Waals surface area contributed by atoms with Crippen molar-refractivity contribution in [3.63, 3.8) is 0 Å². The van der Waals surface area contributed by atoms with Gasteiger partial charge in [-0.15, -0.1) is 22.9 Å². The first-order valence-electron chi connectivity index (χ1n) is 6.38. The summed E-state index contributed by atoms with van der Waals surface area (Å²) in [5.41, 5.74) is 0.499. The van der Waals surface area contributed by atoms with Crippen molar-refractivity contribution in [3.05, 3.63) is 35.2 Å². The van der Waals surface area contributed by atoms with Gasteiger partial charge in [-0.2, -0.15) is 0 Å². The summed E-state index contributed by atoms with van der Waals surface area (Å²) in [5.74, 6) is 0.271. The number of rotatable bonds is 3. The normalized spacial score (nSPS) is 15.7. The zero-order valence-corrected chi connectivity index (χ0v) is 12.4. The Morgan fingerprint density at radius 1 is 1.15 bits per heavy atom. The molecule has 0 bridgehead atoms. The lowest BCUT2D eigenvalue weighted by molar-refractivity contribution is 0.581. The lowest BCUT2D eigenvalue weighted by atomic mass is 10.2. The molecule has 1 aliphatic rings. The molecule has 0 aliphatic carbocycles. The van der Waals surface area contributed by atoms with Gasteiger partial charge in [-0.1, -0.05) is 0 Å². The molecule has 0 aromatic carbocycles. The lowest BCUT2D eigenvalue weighted by Crippen LogP contribution is -2.47. The number of alkyl halides is 1. The van der Waals surface area contributed by atoms with Crippen molar-refractivity contribution >= 4 is 33.9 Å². The molecule has 7 heteroatoms. The third kappa shape index (κ3) is 2.58. The zero-order chi connectivity index (χ0) is 13.9. The van der Waals surface area contributed by atoms with E-state index in [0.717, 1.165) is 31.3 Å². The maximum atomic E-state index is 14.2. The van der Waals surface area contributed by atoms with Crippen LogP contribution in [-0.2, 0) is 5.88 Å². The van der Waals surface area contributed by atoms with Crippen LogP contribution in [0.15, 0.2) is 23.8 Å². The highest BCUT2D eigenvalue weighted by Crippen LogP contribution is 2.24. The summed E-state index contributed by atoms with van der Waals surface area (Å²) in [6.07, 6.45) is 3.42. The Balaban J connectivity index is 1.72. The van der Waals surface area contributed by atoms with Crippen molar-refractivity contribution < 1.29 is 4.39 Å². The molecule has 0 atom stereocenters. The van der Waals surface area contributed by atoms with E-state index in [1.807, 2.05) is 10.3 Å². The van der Waals surface area contributed by atoms with Crippen molar-refractivity contribution in [1.29, 1.82) is 0 Å². The van der Waals surface area contributed by atoms with Crippen molar-refractivity contribution in [1.82, 2.24) is 9.97 Å². The Morgan fingerprint density at radius 2 is 1.90 bits per heavy atom. The van der Waals surface area contributed by atoms with Gasteiger partial charge >= 0.3 is 0 Å². The fourth-order valence-corrected chi connectivity index (χ4v) is 3.18. The second kappa shape index (κ2) is 5.93. The molecular formula is C13H14ClFN4S. The minimum absolute atomic E-state index is 0.167. The van der Waals surface area contributed by atoms with Crippen molar-refractivity contribution in [2.75, 3.05) is 36.0 Å². The average Bonchev–Trinajstić information content (AvgIpc) is 3.02. The van der Waals surface area contributed by atoms with E-state index in [2.05, 4.69) is 14.9 Å². The van der Waals surface area contributed by atoms with E-state index in [9.17, 15) is 4.39 Å². The summed E-state index contributed by atoms with van der Waals surface area (Å²) in [6.45, 7) is 3.10. The van der Waals surface area contributed by atoms with Crippen LogP contribution in [0.2, 0.25) is 0 Å². The van der Waals surface area contributed by atoms with Gasteiger partial charge in [-0.25, -0.2) is 14.4 Å². The first-order chi connectivity index (χ1) is 9.79. The highest BCUT2D eigenvalue weighted by Gasteiger charge is 2.22. The number of hydrogen-bond donors (Lipinski definition) is 0. The molecule has 2 aromatic heterocycles. The van der Waals surface area contributed by atoms with E-state index < -0.39 is 0 Å². The van der Waals surface area contributed by atoms with Crippen LogP contribution in [0.1, 0.15) is 5.56 Å². The summed E-state index contributed by atoms with van der Waals surface area (Å²) >= 11 is 7.36. The van der Waals surface area contributed by atoms with Crippen LogP contribution >= 0.6 is 22.9 Å². The molecule has 106 valence electrons. The third-order valence-electron chi connectivity index (χ3n) is 3.36. The van der Waals surface area contributed by atoms with Gasteiger partial charge in [0.2, 0.25) is 0 Å². The summed E-state index contributed by atoms with van der Waals surface area (Å²) in [5, 5.41) is 2.99. The fourth-order valence-electron chi connectivity index (χ4n) is 2.28. The van der Waals surface area contributed by atoms with Crippen LogP contribution in [-0.4, -0.2) is 36.1 Å². The predicted molar refractivity (Wildman–Crippen MR) is 80.3 cm³/mol. The molecule has 0 radical (unpaired) electrons. The topological polar surface area (TPSA) is 32.3 Å². The Hall–Kier alpha value is -1.40. The predicted octanol–water partition coefficient (Wildman–Crippen LogP) is 2.74. The van der Waals surface area contributed by atoms with Gasteiger partial charge in [0.15, 0.2) is 16.8 Å². The number of hydrogen-bond acceptors (Lipinski definition) is 5. The van der Waals surface area contributed by atoms with Crippen LogP contribution in [0.3, 0.4) is 0 Å². The van der Waals surface area contributed by atoms with Gasteiger partial charge in [0.05, 0.1) is 5.88 Å². The number of halogens is 2. The fraction of sp³-hybridized carbons (Fsp3) is 0.385. The first kappa shape index (κ1) is 13.6. The third-order valence-corrected chi connectivity index (χ3v) is 4.48. The monoisotopic (exact) mass is 312 g/mol. The van der Waals surface area contributed by atoms with Gasteiger partial charge in [0.25, 0.3) is 0 Å². The molecular weight excluding hydrogens is 299 g/mol. The summed E-state index contributed by atoms with van der Waals surface area (Å²) in [4.78, 5) is 12.6. The maximum Gasteiger partial charge on any atom is 0.185 e. The molecule has 1 aliphatic heterocycles. The molecule has 4 nitrogen and oxygen atoms in total. The number of aromatic nitrogens is 2. The average molecular weight is 313 g/mol. The molecule has 0 spiro atoms. The zero-order valence-electron chi connectivity index (χ0n) is 10.8. The minimum atomic E-state index is -0.301. The molecule has 0 amide bonds. The molecule has 2 aromatic rings.